The Hall–Kier alpha value is -0.840. The first-order valence-corrected chi connectivity index (χ1v) is 6.63. The Balaban J connectivity index is 2.14. The molecule has 5 heteroatoms. The summed E-state index contributed by atoms with van der Waals surface area (Å²) in [6, 6.07) is -0.608. The Morgan fingerprint density at radius 1 is 1.39 bits per heavy atom. The summed E-state index contributed by atoms with van der Waals surface area (Å²) in [6.45, 7) is 5.39. The number of ether oxygens (including phenoxy) is 1. The maximum absolute atomic E-state index is 14.0. The quantitative estimate of drug-likeness (QED) is 0.726. The van der Waals surface area contributed by atoms with E-state index in [0.717, 1.165) is 12.8 Å². The predicted molar refractivity (Wildman–Crippen MR) is 65.0 cm³/mol. The molecule has 18 heavy (non-hydrogen) atoms. The largest absolute Gasteiger partial charge is 0.444 e. The number of piperidine rings is 2. The fourth-order valence-electron chi connectivity index (χ4n) is 2.92. The van der Waals surface area contributed by atoms with Crippen molar-refractivity contribution in [1.29, 1.82) is 0 Å². The van der Waals surface area contributed by atoms with Crippen LogP contribution in [0.3, 0.4) is 0 Å². The SMILES string of the molecule is CC(C)(C)OC(=O)N1[C@@H]2CCC[C@H]1[C@@H](F)[C@@H](O)C2. The van der Waals surface area contributed by atoms with Crippen molar-refractivity contribution in [2.45, 2.75) is 76.4 Å². The van der Waals surface area contributed by atoms with Crippen LogP contribution in [0.4, 0.5) is 9.18 Å². The molecule has 0 saturated carbocycles. The van der Waals surface area contributed by atoms with Gasteiger partial charge in [-0.05, 0) is 46.5 Å². The number of rotatable bonds is 0. The van der Waals surface area contributed by atoms with Gasteiger partial charge in [-0.1, -0.05) is 0 Å². The van der Waals surface area contributed by atoms with E-state index in [1.165, 1.54) is 4.90 Å². The predicted octanol–water partition coefficient (Wildman–Crippen LogP) is 2.25. The molecule has 0 aliphatic carbocycles. The van der Waals surface area contributed by atoms with E-state index in [-0.39, 0.29) is 6.04 Å². The summed E-state index contributed by atoms with van der Waals surface area (Å²) in [7, 11) is 0. The maximum atomic E-state index is 14.0. The zero-order valence-corrected chi connectivity index (χ0v) is 11.2. The number of hydrogen-bond acceptors (Lipinski definition) is 3. The van der Waals surface area contributed by atoms with E-state index in [2.05, 4.69) is 0 Å². The highest BCUT2D eigenvalue weighted by atomic mass is 19.1. The normalized spacial score (nSPS) is 36.4. The molecule has 2 rings (SSSR count). The highest BCUT2D eigenvalue weighted by molar-refractivity contribution is 5.69. The maximum Gasteiger partial charge on any atom is 0.410 e. The third kappa shape index (κ3) is 2.60. The Morgan fingerprint density at radius 2 is 2.06 bits per heavy atom. The molecule has 2 aliphatic rings. The Labute approximate surface area is 107 Å². The lowest BCUT2D eigenvalue weighted by molar-refractivity contribution is -0.0865. The van der Waals surface area contributed by atoms with Gasteiger partial charge in [-0.2, -0.15) is 0 Å². The molecular formula is C13H22FNO3. The third-order valence-corrected chi connectivity index (χ3v) is 3.64. The van der Waals surface area contributed by atoms with E-state index < -0.39 is 30.0 Å². The lowest BCUT2D eigenvalue weighted by Gasteiger charge is -2.49. The van der Waals surface area contributed by atoms with Crippen molar-refractivity contribution in [3.63, 3.8) is 0 Å². The highest BCUT2D eigenvalue weighted by Gasteiger charge is 2.48. The zero-order valence-electron chi connectivity index (χ0n) is 11.2. The van der Waals surface area contributed by atoms with Crippen LogP contribution in [0.1, 0.15) is 46.5 Å². The fourth-order valence-corrected chi connectivity index (χ4v) is 2.92. The van der Waals surface area contributed by atoms with Gasteiger partial charge in [0.2, 0.25) is 0 Å². The number of alkyl halides is 1. The molecule has 1 N–H and O–H groups in total. The van der Waals surface area contributed by atoms with Gasteiger partial charge in [0, 0.05) is 6.04 Å². The molecule has 2 fully saturated rings. The average molecular weight is 259 g/mol. The second-order valence-electron chi connectivity index (χ2n) is 6.29. The summed E-state index contributed by atoms with van der Waals surface area (Å²) >= 11 is 0. The second kappa shape index (κ2) is 4.68. The number of aliphatic hydroxyl groups is 1. The van der Waals surface area contributed by atoms with Gasteiger partial charge in [0.1, 0.15) is 11.8 Å². The minimum Gasteiger partial charge on any atom is -0.444 e. The van der Waals surface area contributed by atoms with Crippen molar-refractivity contribution in [2.75, 3.05) is 0 Å². The third-order valence-electron chi connectivity index (χ3n) is 3.64. The van der Waals surface area contributed by atoms with E-state index in [1.54, 1.807) is 20.8 Å². The summed E-state index contributed by atoms with van der Waals surface area (Å²) in [5.74, 6) is 0. The molecule has 0 aromatic heterocycles. The van der Waals surface area contributed by atoms with Crippen LogP contribution in [-0.2, 0) is 4.74 Å². The van der Waals surface area contributed by atoms with Crippen LogP contribution in [0.5, 0.6) is 0 Å². The first-order valence-electron chi connectivity index (χ1n) is 6.63. The van der Waals surface area contributed by atoms with Gasteiger partial charge in [0.25, 0.3) is 0 Å². The first-order chi connectivity index (χ1) is 8.29. The number of amides is 1. The minimum absolute atomic E-state index is 0.0828. The van der Waals surface area contributed by atoms with Gasteiger partial charge in [0.05, 0.1) is 12.1 Å². The summed E-state index contributed by atoms with van der Waals surface area (Å²) in [5.41, 5.74) is -0.576. The van der Waals surface area contributed by atoms with Crippen molar-refractivity contribution in [3.05, 3.63) is 0 Å². The summed E-state index contributed by atoms with van der Waals surface area (Å²) in [6.07, 6.45) is -0.105. The number of carbonyl (C=O) groups is 1. The lowest BCUT2D eigenvalue weighted by atomic mass is 9.82. The molecule has 0 spiro atoms. The van der Waals surface area contributed by atoms with Crippen molar-refractivity contribution < 1.29 is 19.0 Å². The number of halogens is 1. The molecule has 4 nitrogen and oxygen atoms in total. The lowest BCUT2D eigenvalue weighted by Crippen LogP contribution is -2.62. The van der Waals surface area contributed by atoms with Crippen LogP contribution in [0.15, 0.2) is 0 Å². The summed E-state index contributed by atoms with van der Waals surface area (Å²) < 4.78 is 19.3. The van der Waals surface area contributed by atoms with Gasteiger partial charge < -0.3 is 9.84 Å². The van der Waals surface area contributed by atoms with E-state index in [1.807, 2.05) is 0 Å². The van der Waals surface area contributed by atoms with Gasteiger partial charge in [-0.15, -0.1) is 0 Å². The average Bonchev–Trinajstić information content (AvgIpc) is 2.23. The molecule has 0 unspecified atom stereocenters. The van der Waals surface area contributed by atoms with Crippen LogP contribution < -0.4 is 0 Å². The van der Waals surface area contributed by atoms with E-state index in [4.69, 9.17) is 4.74 Å². The Bertz CT molecular complexity index is 329. The number of nitrogens with zero attached hydrogens (tertiary/aromatic N) is 1. The van der Waals surface area contributed by atoms with Gasteiger partial charge >= 0.3 is 6.09 Å². The topological polar surface area (TPSA) is 49.8 Å². The van der Waals surface area contributed by atoms with Crippen LogP contribution in [-0.4, -0.2) is 46.1 Å². The molecule has 0 aromatic carbocycles. The Morgan fingerprint density at radius 3 is 2.67 bits per heavy atom. The second-order valence-corrected chi connectivity index (χ2v) is 6.29. The number of aliphatic hydroxyl groups excluding tert-OH is 1. The summed E-state index contributed by atoms with van der Waals surface area (Å²) in [5, 5.41) is 9.66. The van der Waals surface area contributed by atoms with Crippen LogP contribution in [0, 0.1) is 0 Å². The Kier molecular flexibility index (Phi) is 3.54. The molecular weight excluding hydrogens is 237 g/mol. The molecule has 2 saturated heterocycles. The zero-order chi connectivity index (χ0) is 13.5. The smallest absolute Gasteiger partial charge is 0.410 e. The molecule has 2 bridgehead atoms. The standard InChI is InChI=1S/C13H22FNO3/c1-13(2,3)18-12(17)15-8-5-4-6-9(15)11(14)10(16)7-8/h8-11,16H,4-7H2,1-3H3/t8-,9+,10+,11-/m1/s1. The van der Waals surface area contributed by atoms with E-state index in [9.17, 15) is 14.3 Å². The summed E-state index contributed by atoms with van der Waals surface area (Å²) in [4.78, 5) is 13.7. The van der Waals surface area contributed by atoms with E-state index >= 15 is 0 Å². The number of carbonyl (C=O) groups excluding carboxylic acids is 1. The van der Waals surface area contributed by atoms with Crippen molar-refractivity contribution in [3.8, 4) is 0 Å². The molecule has 1 amide bonds. The van der Waals surface area contributed by atoms with Crippen LogP contribution in [0.25, 0.3) is 0 Å². The van der Waals surface area contributed by atoms with Crippen molar-refractivity contribution >= 4 is 6.09 Å². The molecule has 104 valence electrons. The number of hydrogen-bond donors (Lipinski definition) is 1. The van der Waals surface area contributed by atoms with Crippen LogP contribution in [0.2, 0.25) is 0 Å². The first kappa shape index (κ1) is 13.6. The number of fused-ring (bicyclic) bond motifs is 2. The van der Waals surface area contributed by atoms with Crippen LogP contribution >= 0.6 is 0 Å². The monoisotopic (exact) mass is 259 g/mol. The van der Waals surface area contributed by atoms with Gasteiger partial charge in [-0.3, -0.25) is 4.90 Å². The molecule has 0 radical (unpaired) electrons. The fraction of sp³-hybridized carbons (Fsp3) is 0.923. The molecule has 4 atom stereocenters. The van der Waals surface area contributed by atoms with E-state index in [0.29, 0.717) is 12.8 Å². The molecule has 2 aliphatic heterocycles. The van der Waals surface area contributed by atoms with Gasteiger partial charge in [0.15, 0.2) is 0 Å². The molecule has 0 aromatic rings. The van der Waals surface area contributed by atoms with Gasteiger partial charge in [-0.25, -0.2) is 9.18 Å². The molecule has 2 heterocycles. The van der Waals surface area contributed by atoms with Crippen molar-refractivity contribution in [1.82, 2.24) is 4.90 Å². The highest BCUT2D eigenvalue weighted by Crippen LogP contribution is 2.36. The van der Waals surface area contributed by atoms with Crippen molar-refractivity contribution in [2.24, 2.45) is 0 Å². The minimum atomic E-state index is -1.35.